The first-order valence-corrected chi connectivity index (χ1v) is 10.9. The predicted octanol–water partition coefficient (Wildman–Crippen LogP) is 3.38. The molecule has 0 unspecified atom stereocenters. The van der Waals surface area contributed by atoms with E-state index in [-0.39, 0.29) is 35.5 Å². The summed E-state index contributed by atoms with van der Waals surface area (Å²) in [5, 5.41) is 22.4. The van der Waals surface area contributed by atoms with Gasteiger partial charge in [-0.2, -0.15) is 0 Å². The Hall–Kier alpha value is -3.15. The number of anilines is 3. The minimum absolute atomic E-state index is 0.0511. The molecule has 181 valence electrons. The van der Waals surface area contributed by atoms with Gasteiger partial charge in [-0.1, -0.05) is 11.2 Å². The third-order valence-corrected chi connectivity index (χ3v) is 5.36. The highest BCUT2D eigenvalue weighted by Gasteiger charge is 2.21. The Labute approximate surface area is 194 Å². The number of nitrogens with one attached hydrogen (secondary N) is 2. The summed E-state index contributed by atoms with van der Waals surface area (Å²) in [4.78, 5) is 2.23. The highest BCUT2D eigenvalue weighted by Crippen LogP contribution is 2.34. The highest BCUT2D eigenvalue weighted by atomic mass is 19.2. The number of hydrogen-bond donors (Lipinski definition) is 3. The van der Waals surface area contributed by atoms with Crippen molar-refractivity contribution in [3.63, 3.8) is 0 Å². The van der Waals surface area contributed by atoms with Crippen molar-refractivity contribution >= 4 is 17.4 Å². The molecule has 0 spiro atoms. The quantitative estimate of drug-likeness (QED) is 0.410. The molecule has 3 N–H and O–H groups in total. The molecule has 0 aliphatic carbocycles. The van der Waals surface area contributed by atoms with Crippen LogP contribution in [0.5, 0.6) is 0 Å². The molecule has 0 saturated carbocycles. The molecule has 34 heavy (non-hydrogen) atoms. The number of benzene rings is 2. The molecule has 4 rings (SSSR count). The van der Waals surface area contributed by atoms with Gasteiger partial charge in [0.05, 0.1) is 30.2 Å². The van der Waals surface area contributed by atoms with Crippen LogP contribution in [-0.2, 0) is 11.2 Å². The van der Waals surface area contributed by atoms with Crippen LogP contribution >= 0.6 is 0 Å². The largest absolute Gasteiger partial charge is 0.403 e. The van der Waals surface area contributed by atoms with Crippen LogP contribution in [0.15, 0.2) is 34.7 Å². The molecule has 1 aliphatic heterocycles. The van der Waals surface area contributed by atoms with Crippen LogP contribution in [0.4, 0.5) is 30.6 Å². The number of rotatable bonds is 10. The van der Waals surface area contributed by atoms with E-state index in [0.717, 1.165) is 25.7 Å². The number of nitrogens with zero attached hydrogens (tertiary/aromatic N) is 3. The lowest BCUT2D eigenvalue weighted by Crippen LogP contribution is -2.39. The normalized spacial score (nSPS) is 14.4. The van der Waals surface area contributed by atoms with Gasteiger partial charge in [0, 0.05) is 32.8 Å². The first-order valence-electron chi connectivity index (χ1n) is 10.9. The molecule has 0 bridgehead atoms. The molecule has 0 amide bonds. The van der Waals surface area contributed by atoms with Gasteiger partial charge in [0.2, 0.25) is 0 Å². The van der Waals surface area contributed by atoms with E-state index < -0.39 is 17.5 Å². The van der Waals surface area contributed by atoms with Crippen LogP contribution in [0.25, 0.3) is 11.5 Å². The first-order chi connectivity index (χ1) is 16.5. The lowest BCUT2D eigenvalue weighted by atomic mass is 10.1. The van der Waals surface area contributed by atoms with E-state index >= 15 is 0 Å². The van der Waals surface area contributed by atoms with Crippen LogP contribution in [-0.4, -0.2) is 66.2 Å². The molecular weight excluding hydrogens is 451 g/mol. The molecule has 8 nitrogen and oxygen atoms in total. The van der Waals surface area contributed by atoms with Gasteiger partial charge in [0.15, 0.2) is 11.6 Å². The lowest BCUT2D eigenvalue weighted by molar-refractivity contribution is 0.0398. The summed E-state index contributed by atoms with van der Waals surface area (Å²) in [6.07, 6.45) is 1.95. The monoisotopic (exact) mass is 476 g/mol. The fourth-order valence-electron chi connectivity index (χ4n) is 3.55. The number of aromatic nitrogens is 2. The Kier molecular flexibility index (Phi) is 7.99. The summed E-state index contributed by atoms with van der Waals surface area (Å²) >= 11 is 0. The van der Waals surface area contributed by atoms with Crippen molar-refractivity contribution in [2.45, 2.75) is 6.42 Å². The fraction of sp³-hybridized carbons (Fsp3) is 0.348. The maximum Gasteiger partial charge on any atom is 0.315 e. The second kappa shape index (κ2) is 11.3. The van der Waals surface area contributed by atoms with Crippen LogP contribution in [0.3, 0.4) is 0 Å². The van der Waals surface area contributed by atoms with Crippen molar-refractivity contribution in [1.82, 2.24) is 15.1 Å². The van der Waals surface area contributed by atoms with E-state index in [1.165, 1.54) is 18.2 Å². The maximum atomic E-state index is 14.7. The molecular formula is C23H25F3N5O3. The minimum Gasteiger partial charge on any atom is -0.403 e. The maximum absolute atomic E-state index is 14.7. The topological polar surface area (TPSA) is 95.7 Å². The smallest absolute Gasteiger partial charge is 0.315 e. The molecule has 1 radical (unpaired) electrons. The molecule has 11 heteroatoms. The molecule has 2 heterocycles. The standard InChI is InChI=1S/C23H25F3N5O3/c24-17-5-4-16(22-29-30-23(34-22)27-7-8-31-9-12-33-13-10-31)21(20(17)26)28-19-6-3-15(2-1-11-32)14-18(19)25/h1,3-6,14,28,32H,2,7-13H2,(H,27,30). The summed E-state index contributed by atoms with van der Waals surface area (Å²) in [7, 11) is 0. The minimum atomic E-state index is -1.20. The van der Waals surface area contributed by atoms with E-state index in [2.05, 4.69) is 25.7 Å². The Balaban J connectivity index is 1.50. The Morgan fingerprint density at radius 1 is 1.06 bits per heavy atom. The predicted molar refractivity (Wildman–Crippen MR) is 120 cm³/mol. The van der Waals surface area contributed by atoms with Gasteiger partial charge in [-0.3, -0.25) is 4.90 Å². The number of hydrogen-bond acceptors (Lipinski definition) is 8. The second-order valence-electron chi connectivity index (χ2n) is 7.69. The van der Waals surface area contributed by atoms with Gasteiger partial charge in [-0.15, -0.1) is 5.10 Å². The summed E-state index contributed by atoms with van der Waals surface area (Å²) in [5.41, 5.74) is 0.338. The molecule has 0 atom stereocenters. The Morgan fingerprint density at radius 2 is 1.88 bits per heavy atom. The van der Waals surface area contributed by atoms with Gasteiger partial charge < -0.3 is 24.9 Å². The van der Waals surface area contributed by atoms with Gasteiger partial charge in [0.1, 0.15) is 5.82 Å². The van der Waals surface area contributed by atoms with E-state index in [1.807, 2.05) is 0 Å². The van der Waals surface area contributed by atoms with Crippen molar-refractivity contribution in [1.29, 1.82) is 0 Å². The summed E-state index contributed by atoms with van der Waals surface area (Å²) in [6.45, 7) is 4.26. The third kappa shape index (κ3) is 5.85. The third-order valence-electron chi connectivity index (χ3n) is 5.36. The SMILES string of the molecule is OC[CH]Cc1ccc(Nc2c(-c3nnc(NCCN4CCOCC4)o3)ccc(F)c2F)c(F)c1. The van der Waals surface area contributed by atoms with E-state index in [0.29, 0.717) is 31.7 Å². The van der Waals surface area contributed by atoms with Crippen molar-refractivity contribution in [2.75, 3.05) is 56.6 Å². The van der Waals surface area contributed by atoms with Crippen molar-refractivity contribution in [3.05, 3.63) is 59.8 Å². The summed E-state index contributed by atoms with van der Waals surface area (Å²) in [6, 6.07) is 6.65. The number of halogens is 3. The van der Waals surface area contributed by atoms with Gasteiger partial charge in [-0.25, -0.2) is 13.2 Å². The Bertz CT molecular complexity index is 1110. The summed E-state index contributed by atoms with van der Waals surface area (Å²) in [5.74, 6) is -3.02. The number of morpholine rings is 1. The molecule has 1 aromatic heterocycles. The molecule has 2 aromatic carbocycles. The number of aliphatic hydroxyl groups excluding tert-OH is 1. The van der Waals surface area contributed by atoms with E-state index in [4.69, 9.17) is 14.3 Å². The molecule has 1 fully saturated rings. The Morgan fingerprint density at radius 3 is 2.65 bits per heavy atom. The van der Waals surface area contributed by atoms with Gasteiger partial charge >= 0.3 is 6.01 Å². The summed E-state index contributed by atoms with van der Waals surface area (Å²) < 4.78 is 54.2. The van der Waals surface area contributed by atoms with Crippen molar-refractivity contribution in [2.24, 2.45) is 0 Å². The van der Waals surface area contributed by atoms with Crippen molar-refractivity contribution < 1.29 is 27.4 Å². The van der Waals surface area contributed by atoms with Crippen LogP contribution < -0.4 is 10.6 Å². The van der Waals surface area contributed by atoms with Crippen molar-refractivity contribution in [3.8, 4) is 11.5 Å². The average Bonchev–Trinajstić information content (AvgIpc) is 3.31. The molecule has 1 saturated heterocycles. The van der Waals surface area contributed by atoms with Gasteiger partial charge in [0.25, 0.3) is 5.89 Å². The fourth-order valence-corrected chi connectivity index (χ4v) is 3.55. The van der Waals surface area contributed by atoms with E-state index in [9.17, 15) is 13.2 Å². The molecule has 3 aromatic rings. The average molecular weight is 476 g/mol. The number of aliphatic hydroxyl groups is 1. The van der Waals surface area contributed by atoms with Crippen LogP contribution in [0, 0.1) is 23.9 Å². The van der Waals surface area contributed by atoms with Crippen LogP contribution in [0.2, 0.25) is 0 Å². The molecule has 1 aliphatic rings. The van der Waals surface area contributed by atoms with Crippen LogP contribution in [0.1, 0.15) is 5.56 Å². The lowest BCUT2D eigenvalue weighted by Gasteiger charge is -2.26. The zero-order valence-electron chi connectivity index (χ0n) is 18.4. The van der Waals surface area contributed by atoms with E-state index in [1.54, 1.807) is 12.5 Å². The zero-order chi connectivity index (χ0) is 23.9. The first kappa shape index (κ1) is 24.0. The second-order valence-corrected chi connectivity index (χ2v) is 7.69. The highest BCUT2D eigenvalue weighted by molar-refractivity contribution is 5.78. The zero-order valence-corrected chi connectivity index (χ0v) is 18.4. The van der Waals surface area contributed by atoms with Gasteiger partial charge in [-0.05, 0) is 42.7 Å². The number of ether oxygens (including phenoxy) is 1.